The number of aromatic nitrogens is 2. The number of anilines is 1. The number of hydrogen-bond donors (Lipinski definition) is 1. The molecule has 3 rings (SSSR count). The van der Waals surface area contributed by atoms with Crippen LogP contribution in [-0.2, 0) is 6.54 Å². The molecular weight excluding hydrogens is 310 g/mol. The summed E-state index contributed by atoms with van der Waals surface area (Å²) in [6.45, 7) is 2.84. The first-order chi connectivity index (χ1) is 8.74. The topological polar surface area (TPSA) is 29.3 Å². The Morgan fingerprint density at radius 3 is 3.17 bits per heavy atom. The quantitative estimate of drug-likeness (QED) is 0.787. The maximum Gasteiger partial charge on any atom is 0.193 e. The molecule has 1 aromatic carbocycles. The fourth-order valence-corrected chi connectivity index (χ4v) is 2.93. The Balaban J connectivity index is 1.78. The third kappa shape index (κ3) is 2.15. The van der Waals surface area contributed by atoms with Crippen LogP contribution >= 0.6 is 27.3 Å². The molecule has 0 bridgehead atoms. The second kappa shape index (κ2) is 4.74. The van der Waals surface area contributed by atoms with E-state index in [-0.39, 0.29) is 0 Å². The van der Waals surface area contributed by atoms with Crippen LogP contribution in [0.25, 0.3) is 4.96 Å². The normalized spacial score (nSPS) is 11.0. The van der Waals surface area contributed by atoms with E-state index in [4.69, 9.17) is 0 Å². The van der Waals surface area contributed by atoms with Crippen molar-refractivity contribution in [3.05, 3.63) is 51.7 Å². The summed E-state index contributed by atoms with van der Waals surface area (Å²) in [6, 6.07) is 6.16. The van der Waals surface area contributed by atoms with Crippen molar-refractivity contribution in [1.29, 1.82) is 0 Å². The van der Waals surface area contributed by atoms with E-state index in [1.165, 1.54) is 5.56 Å². The standard InChI is InChI=1S/C13H12BrN3S/c1-9-11(14)3-2-4-12(9)15-7-10-8-17-5-6-18-13(17)16-10/h2-6,8,15H,7H2,1H3. The van der Waals surface area contributed by atoms with Gasteiger partial charge in [-0.15, -0.1) is 11.3 Å². The van der Waals surface area contributed by atoms with Crippen molar-refractivity contribution in [2.45, 2.75) is 13.5 Å². The maximum atomic E-state index is 4.55. The van der Waals surface area contributed by atoms with Crippen LogP contribution in [0.5, 0.6) is 0 Å². The molecule has 0 radical (unpaired) electrons. The van der Waals surface area contributed by atoms with Crippen LogP contribution in [0.1, 0.15) is 11.3 Å². The monoisotopic (exact) mass is 321 g/mol. The summed E-state index contributed by atoms with van der Waals surface area (Å²) >= 11 is 5.19. The number of thiazole rings is 1. The van der Waals surface area contributed by atoms with Gasteiger partial charge in [0.2, 0.25) is 0 Å². The van der Waals surface area contributed by atoms with Crippen molar-refractivity contribution < 1.29 is 0 Å². The van der Waals surface area contributed by atoms with E-state index in [0.29, 0.717) is 0 Å². The van der Waals surface area contributed by atoms with Crippen LogP contribution < -0.4 is 5.32 Å². The van der Waals surface area contributed by atoms with Gasteiger partial charge in [0.1, 0.15) is 0 Å². The largest absolute Gasteiger partial charge is 0.379 e. The van der Waals surface area contributed by atoms with Gasteiger partial charge < -0.3 is 5.32 Å². The molecule has 1 N–H and O–H groups in total. The number of benzene rings is 1. The summed E-state index contributed by atoms with van der Waals surface area (Å²) in [6.07, 6.45) is 4.09. The summed E-state index contributed by atoms with van der Waals surface area (Å²) < 4.78 is 3.17. The number of rotatable bonds is 3. The van der Waals surface area contributed by atoms with E-state index in [0.717, 1.165) is 27.4 Å². The zero-order valence-corrected chi connectivity index (χ0v) is 12.3. The van der Waals surface area contributed by atoms with Crippen LogP contribution in [0.15, 0.2) is 40.4 Å². The summed E-state index contributed by atoms with van der Waals surface area (Å²) in [5, 5.41) is 5.46. The van der Waals surface area contributed by atoms with Crippen molar-refractivity contribution >= 4 is 37.9 Å². The lowest BCUT2D eigenvalue weighted by Crippen LogP contribution is -2.01. The van der Waals surface area contributed by atoms with Crippen LogP contribution in [0, 0.1) is 6.92 Å². The third-order valence-electron chi connectivity index (χ3n) is 2.87. The van der Waals surface area contributed by atoms with Gasteiger partial charge in [-0.1, -0.05) is 22.0 Å². The molecule has 2 heterocycles. The molecule has 2 aromatic heterocycles. The maximum absolute atomic E-state index is 4.55. The Bertz CT molecular complexity index is 658. The Morgan fingerprint density at radius 2 is 2.33 bits per heavy atom. The molecule has 18 heavy (non-hydrogen) atoms. The first-order valence-electron chi connectivity index (χ1n) is 5.64. The van der Waals surface area contributed by atoms with E-state index >= 15 is 0 Å². The van der Waals surface area contributed by atoms with Crippen LogP contribution in [0.2, 0.25) is 0 Å². The fraction of sp³-hybridized carbons (Fsp3) is 0.154. The minimum atomic E-state index is 0.742. The number of fused-ring (bicyclic) bond motifs is 1. The Kier molecular flexibility index (Phi) is 3.09. The summed E-state index contributed by atoms with van der Waals surface area (Å²) in [4.78, 5) is 5.59. The van der Waals surface area contributed by atoms with Gasteiger partial charge in [-0.25, -0.2) is 4.98 Å². The van der Waals surface area contributed by atoms with Gasteiger partial charge in [-0.05, 0) is 24.6 Å². The molecule has 0 aliphatic carbocycles. The predicted octanol–water partition coefficient (Wildman–Crippen LogP) is 4.08. The highest BCUT2D eigenvalue weighted by molar-refractivity contribution is 9.10. The SMILES string of the molecule is Cc1c(Br)cccc1NCc1cn2ccsc2n1. The molecule has 0 aliphatic rings. The molecular formula is C13H12BrN3S. The lowest BCUT2D eigenvalue weighted by molar-refractivity contribution is 1.07. The Morgan fingerprint density at radius 1 is 1.44 bits per heavy atom. The van der Waals surface area contributed by atoms with Crippen molar-refractivity contribution in [1.82, 2.24) is 9.38 Å². The zero-order valence-electron chi connectivity index (χ0n) is 9.85. The van der Waals surface area contributed by atoms with Gasteiger partial charge in [-0.2, -0.15) is 0 Å². The van der Waals surface area contributed by atoms with E-state index in [1.807, 2.05) is 23.7 Å². The van der Waals surface area contributed by atoms with Crippen molar-refractivity contribution in [2.75, 3.05) is 5.32 Å². The Labute approximate surface area is 118 Å². The molecule has 0 amide bonds. The summed E-state index contributed by atoms with van der Waals surface area (Å²) in [5.74, 6) is 0. The van der Waals surface area contributed by atoms with Gasteiger partial charge >= 0.3 is 0 Å². The van der Waals surface area contributed by atoms with Gasteiger partial charge in [0.15, 0.2) is 4.96 Å². The summed E-state index contributed by atoms with van der Waals surface area (Å²) in [7, 11) is 0. The van der Waals surface area contributed by atoms with E-state index in [2.05, 4.69) is 49.8 Å². The molecule has 3 nitrogen and oxygen atoms in total. The molecule has 0 spiro atoms. The fourth-order valence-electron chi connectivity index (χ4n) is 1.85. The van der Waals surface area contributed by atoms with E-state index in [1.54, 1.807) is 11.3 Å². The zero-order chi connectivity index (χ0) is 12.5. The lowest BCUT2D eigenvalue weighted by atomic mass is 10.2. The number of nitrogens with one attached hydrogen (secondary N) is 1. The molecule has 3 aromatic rings. The minimum Gasteiger partial charge on any atom is -0.379 e. The lowest BCUT2D eigenvalue weighted by Gasteiger charge is -2.09. The van der Waals surface area contributed by atoms with Crippen molar-refractivity contribution in [3.63, 3.8) is 0 Å². The van der Waals surface area contributed by atoms with E-state index in [9.17, 15) is 0 Å². The molecule has 0 fully saturated rings. The predicted molar refractivity (Wildman–Crippen MR) is 79.3 cm³/mol. The second-order valence-electron chi connectivity index (χ2n) is 4.09. The van der Waals surface area contributed by atoms with Crippen molar-refractivity contribution in [3.8, 4) is 0 Å². The van der Waals surface area contributed by atoms with Crippen LogP contribution in [-0.4, -0.2) is 9.38 Å². The highest BCUT2D eigenvalue weighted by atomic mass is 79.9. The molecule has 0 saturated heterocycles. The molecule has 0 saturated carbocycles. The smallest absolute Gasteiger partial charge is 0.193 e. The van der Waals surface area contributed by atoms with Gasteiger partial charge in [0.25, 0.3) is 0 Å². The second-order valence-corrected chi connectivity index (χ2v) is 5.82. The average molecular weight is 322 g/mol. The Hall–Kier alpha value is -1.33. The first-order valence-corrected chi connectivity index (χ1v) is 7.31. The van der Waals surface area contributed by atoms with Gasteiger partial charge in [0, 0.05) is 27.9 Å². The first kappa shape index (κ1) is 11.7. The molecule has 92 valence electrons. The van der Waals surface area contributed by atoms with Gasteiger partial charge in [-0.3, -0.25) is 4.40 Å². The molecule has 5 heteroatoms. The highest BCUT2D eigenvalue weighted by Gasteiger charge is 2.04. The highest BCUT2D eigenvalue weighted by Crippen LogP contribution is 2.24. The van der Waals surface area contributed by atoms with Crippen molar-refractivity contribution in [2.24, 2.45) is 0 Å². The molecule has 0 atom stereocenters. The molecule has 0 unspecified atom stereocenters. The summed E-state index contributed by atoms with van der Waals surface area (Å²) in [5.41, 5.74) is 3.42. The molecule has 0 aliphatic heterocycles. The van der Waals surface area contributed by atoms with Crippen LogP contribution in [0.3, 0.4) is 0 Å². The number of halogens is 1. The number of hydrogen-bond acceptors (Lipinski definition) is 3. The average Bonchev–Trinajstić information content (AvgIpc) is 2.91. The number of imidazole rings is 1. The minimum absolute atomic E-state index is 0.742. The van der Waals surface area contributed by atoms with E-state index < -0.39 is 0 Å². The third-order valence-corrected chi connectivity index (χ3v) is 4.50. The van der Waals surface area contributed by atoms with Crippen LogP contribution in [0.4, 0.5) is 5.69 Å². The van der Waals surface area contributed by atoms with Gasteiger partial charge in [0.05, 0.1) is 12.2 Å². The number of nitrogens with zero attached hydrogens (tertiary/aromatic N) is 2.